The number of rotatable bonds is 5. The van der Waals surface area contributed by atoms with Gasteiger partial charge in [0, 0.05) is 5.56 Å². The van der Waals surface area contributed by atoms with E-state index in [1.54, 1.807) is 12.1 Å². The Morgan fingerprint density at radius 1 is 1.15 bits per heavy atom. The molecule has 0 aliphatic rings. The highest BCUT2D eigenvalue weighted by atomic mass is 32.2. The molecular formula is C17H12F2N2O4S. The Morgan fingerprint density at radius 3 is 2.31 bits per heavy atom. The maximum atomic E-state index is 13.9. The minimum absolute atomic E-state index is 0.0492. The quantitative estimate of drug-likeness (QED) is 0.664. The van der Waals surface area contributed by atoms with Gasteiger partial charge in [0.25, 0.3) is 5.91 Å². The summed E-state index contributed by atoms with van der Waals surface area (Å²) < 4.78 is 53.1. The third-order valence-corrected chi connectivity index (χ3v) is 4.12. The van der Waals surface area contributed by atoms with Gasteiger partial charge in [0.1, 0.15) is 17.2 Å². The van der Waals surface area contributed by atoms with Gasteiger partial charge in [-0.15, -0.1) is 0 Å². The SMILES string of the molecule is NC(=O)c1nc(-c2c(F)cccc2F)oc1-c1ccc(CS(=O)O)cc1. The third kappa shape index (κ3) is 3.53. The maximum Gasteiger partial charge on any atom is 0.271 e. The molecule has 1 aromatic heterocycles. The molecule has 1 heterocycles. The first kappa shape index (κ1) is 17.9. The Labute approximate surface area is 148 Å². The van der Waals surface area contributed by atoms with Crippen LogP contribution in [0.1, 0.15) is 16.1 Å². The van der Waals surface area contributed by atoms with Crippen molar-refractivity contribution >= 4 is 17.0 Å². The Kier molecular flexibility index (Phi) is 4.92. The number of oxazole rings is 1. The summed E-state index contributed by atoms with van der Waals surface area (Å²) in [5.74, 6) is -3.24. The number of aromatic nitrogens is 1. The van der Waals surface area contributed by atoms with E-state index in [4.69, 9.17) is 14.7 Å². The number of hydrogen-bond acceptors (Lipinski definition) is 4. The third-order valence-electron chi connectivity index (χ3n) is 3.54. The van der Waals surface area contributed by atoms with Gasteiger partial charge in [-0.25, -0.2) is 18.0 Å². The minimum Gasteiger partial charge on any atom is -0.435 e. The second-order valence-electron chi connectivity index (χ2n) is 5.32. The summed E-state index contributed by atoms with van der Waals surface area (Å²) in [5.41, 5.74) is 5.47. The zero-order valence-electron chi connectivity index (χ0n) is 13.1. The van der Waals surface area contributed by atoms with E-state index < -0.39 is 40.1 Å². The van der Waals surface area contributed by atoms with Gasteiger partial charge >= 0.3 is 0 Å². The highest BCUT2D eigenvalue weighted by Crippen LogP contribution is 2.32. The molecule has 0 saturated carbocycles. The summed E-state index contributed by atoms with van der Waals surface area (Å²) in [6.07, 6.45) is 0. The van der Waals surface area contributed by atoms with Crippen molar-refractivity contribution in [2.45, 2.75) is 5.75 Å². The van der Waals surface area contributed by atoms with Gasteiger partial charge in [0.15, 0.2) is 22.5 Å². The normalized spacial score (nSPS) is 12.1. The number of halogens is 2. The number of carbonyl (C=O) groups is 1. The number of carbonyl (C=O) groups excluding carboxylic acids is 1. The molecule has 1 amide bonds. The van der Waals surface area contributed by atoms with Crippen LogP contribution in [0, 0.1) is 11.6 Å². The van der Waals surface area contributed by atoms with Crippen molar-refractivity contribution < 1.29 is 26.8 Å². The number of benzene rings is 2. The predicted octanol–water partition coefficient (Wildman–Crippen LogP) is 3.11. The summed E-state index contributed by atoms with van der Waals surface area (Å²) in [7, 11) is 0. The Balaban J connectivity index is 2.09. The van der Waals surface area contributed by atoms with Crippen LogP contribution in [0.3, 0.4) is 0 Å². The fraction of sp³-hybridized carbons (Fsp3) is 0.0588. The van der Waals surface area contributed by atoms with Crippen LogP contribution in [0.25, 0.3) is 22.8 Å². The van der Waals surface area contributed by atoms with Crippen molar-refractivity contribution in [1.82, 2.24) is 4.98 Å². The lowest BCUT2D eigenvalue weighted by atomic mass is 10.1. The molecule has 0 saturated heterocycles. The van der Waals surface area contributed by atoms with Gasteiger partial charge < -0.3 is 14.7 Å². The van der Waals surface area contributed by atoms with Crippen molar-refractivity contribution in [3.05, 3.63) is 65.4 Å². The number of nitrogens with two attached hydrogens (primary N) is 1. The molecule has 0 radical (unpaired) electrons. The van der Waals surface area contributed by atoms with Gasteiger partial charge in [-0.3, -0.25) is 4.79 Å². The molecule has 134 valence electrons. The van der Waals surface area contributed by atoms with Crippen LogP contribution in [0.15, 0.2) is 46.9 Å². The predicted molar refractivity (Wildman–Crippen MR) is 90.3 cm³/mol. The van der Waals surface area contributed by atoms with Gasteiger partial charge in [-0.05, 0) is 17.7 Å². The number of nitrogens with zero attached hydrogens (tertiary/aromatic N) is 1. The lowest BCUT2D eigenvalue weighted by molar-refractivity contribution is 0.0996. The second-order valence-corrected chi connectivity index (χ2v) is 6.25. The van der Waals surface area contributed by atoms with E-state index in [1.807, 2.05) is 0 Å². The van der Waals surface area contributed by atoms with Crippen molar-refractivity contribution in [2.75, 3.05) is 0 Å². The molecule has 0 spiro atoms. The second kappa shape index (κ2) is 7.14. The van der Waals surface area contributed by atoms with E-state index >= 15 is 0 Å². The van der Waals surface area contributed by atoms with Crippen LogP contribution in [-0.2, 0) is 16.8 Å². The average molecular weight is 378 g/mol. The first-order valence-electron chi connectivity index (χ1n) is 7.28. The van der Waals surface area contributed by atoms with E-state index in [0.29, 0.717) is 11.1 Å². The van der Waals surface area contributed by atoms with Gasteiger partial charge in [-0.2, -0.15) is 0 Å². The van der Waals surface area contributed by atoms with Crippen molar-refractivity contribution in [1.29, 1.82) is 0 Å². The molecule has 0 fully saturated rings. The Bertz CT molecular complexity index is 982. The van der Waals surface area contributed by atoms with E-state index in [9.17, 15) is 17.8 Å². The summed E-state index contributed by atoms with van der Waals surface area (Å²) >= 11 is -2.00. The topological polar surface area (TPSA) is 106 Å². The number of hydrogen-bond donors (Lipinski definition) is 2. The smallest absolute Gasteiger partial charge is 0.271 e. The van der Waals surface area contributed by atoms with Crippen LogP contribution < -0.4 is 5.73 Å². The molecule has 1 atom stereocenters. The zero-order valence-corrected chi connectivity index (χ0v) is 13.9. The lowest BCUT2D eigenvalue weighted by Crippen LogP contribution is -2.12. The van der Waals surface area contributed by atoms with Crippen LogP contribution in [0.4, 0.5) is 8.78 Å². The average Bonchev–Trinajstić information content (AvgIpc) is 3.00. The molecule has 3 aromatic rings. The largest absolute Gasteiger partial charge is 0.435 e. The van der Waals surface area contributed by atoms with Crippen LogP contribution in [0.5, 0.6) is 0 Å². The van der Waals surface area contributed by atoms with E-state index in [2.05, 4.69) is 4.98 Å². The van der Waals surface area contributed by atoms with Crippen LogP contribution >= 0.6 is 0 Å². The monoisotopic (exact) mass is 378 g/mol. The molecule has 1 unspecified atom stereocenters. The molecule has 3 rings (SSSR count). The molecule has 2 aromatic carbocycles. The van der Waals surface area contributed by atoms with Crippen molar-refractivity contribution in [3.8, 4) is 22.8 Å². The van der Waals surface area contributed by atoms with Crippen molar-refractivity contribution in [2.24, 2.45) is 5.73 Å². The van der Waals surface area contributed by atoms with Crippen LogP contribution in [0.2, 0.25) is 0 Å². The highest BCUT2D eigenvalue weighted by Gasteiger charge is 2.24. The fourth-order valence-electron chi connectivity index (χ4n) is 2.39. The molecule has 0 bridgehead atoms. The Hall–Kier alpha value is -2.91. The summed E-state index contributed by atoms with van der Waals surface area (Å²) in [4.78, 5) is 15.5. The summed E-state index contributed by atoms with van der Waals surface area (Å²) in [6.45, 7) is 0. The van der Waals surface area contributed by atoms with E-state index in [-0.39, 0.29) is 17.2 Å². The maximum absolute atomic E-state index is 13.9. The molecule has 0 aliphatic carbocycles. The zero-order chi connectivity index (χ0) is 18.8. The summed E-state index contributed by atoms with van der Waals surface area (Å²) in [6, 6.07) is 9.43. The molecular weight excluding hydrogens is 366 g/mol. The fourth-order valence-corrected chi connectivity index (χ4v) is 2.86. The molecule has 0 aliphatic heterocycles. The molecule has 9 heteroatoms. The van der Waals surface area contributed by atoms with Gasteiger partial charge in [-0.1, -0.05) is 30.3 Å². The number of primary amides is 1. The van der Waals surface area contributed by atoms with Gasteiger partial charge in [0.05, 0.1) is 5.75 Å². The minimum atomic E-state index is -2.00. The number of amides is 1. The molecule has 3 N–H and O–H groups in total. The first-order chi connectivity index (χ1) is 12.4. The van der Waals surface area contributed by atoms with Crippen LogP contribution in [-0.4, -0.2) is 19.7 Å². The standard InChI is InChI=1S/C17H12F2N2O4S/c18-11-2-1-3-12(19)13(11)17-21-14(16(20)22)15(25-17)10-6-4-9(5-7-10)8-26(23)24/h1-7H,8H2,(H2,20,22)(H,23,24). The first-order valence-corrected chi connectivity index (χ1v) is 8.56. The lowest BCUT2D eigenvalue weighted by Gasteiger charge is -2.02. The van der Waals surface area contributed by atoms with Gasteiger partial charge in [0.2, 0.25) is 5.89 Å². The summed E-state index contributed by atoms with van der Waals surface area (Å²) in [5, 5.41) is 0. The highest BCUT2D eigenvalue weighted by molar-refractivity contribution is 7.78. The van der Waals surface area contributed by atoms with Crippen molar-refractivity contribution in [3.63, 3.8) is 0 Å². The van der Waals surface area contributed by atoms with E-state index in [0.717, 1.165) is 12.1 Å². The van der Waals surface area contributed by atoms with E-state index in [1.165, 1.54) is 18.2 Å². The molecule has 6 nitrogen and oxygen atoms in total. The molecule has 26 heavy (non-hydrogen) atoms. The Morgan fingerprint density at radius 2 is 1.77 bits per heavy atom.